The van der Waals surface area contributed by atoms with Crippen molar-refractivity contribution in [3.05, 3.63) is 57.5 Å². The number of nitrogens with two attached hydrogens (primary N) is 1. The zero-order valence-electron chi connectivity index (χ0n) is 15.8. The molecule has 0 saturated heterocycles. The van der Waals surface area contributed by atoms with Gasteiger partial charge < -0.3 is 15.8 Å². The summed E-state index contributed by atoms with van der Waals surface area (Å²) in [6.45, 7) is 3.43. The molecular weight excluding hydrogens is 376 g/mol. The molecule has 3 rings (SSSR count). The van der Waals surface area contributed by atoms with Gasteiger partial charge in [0.2, 0.25) is 0 Å². The van der Waals surface area contributed by atoms with Crippen LogP contribution in [-0.4, -0.2) is 23.9 Å². The number of nitrogens with one attached hydrogen (secondary N) is 1. The number of thiophene rings is 1. The number of anilines is 1. The Balaban J connectivity index is 1.63. The summed E-state index contributed by atoms with van der Waals surface area (Å²) in [4.78, 5) is 37.3. The maximum atomic E-state index is 12.4. The summed E-state index contributed by atoms with van der Waals surface area (Å²) in [6.07, 6.45) is 4.58. The third kappa shape index (κ3) is 4.31. The Morgan fingerprint density at radius 3 is 2.71 bits per heavy atom. The minimum absolute atomic E-state index is 0.379. The first-order valence-electron chi connectivity index (χ1n) is 9.06. The lowest BCUT2D eigenvalue weighted by Crippen LogP contribution is -2.30. The quantitative estimate of drug-likeness (QED) is 0.576. The molecule has 0 aliphatic heterocycles. The number of fused-ring (bicyclic) bond motifs is 1. The van der Waals surface area contributed by atoms with E-state index in [1.807, 2.05) is 31.2 Å². The number of aryl methyl sites for hydroxylation is 2. The minimum Gasteiger partial charge on any atom is -0.449 e. The molecule has 1 atom stereocenters. The zero-order valence-corrected chi connectivity index (χ0v) is 16.6. The van der Waals surface area contributed by atoms with E-state index in [4.69, 9.17) is 10.5 Å². The molecule has 1 aliphatic rings. The lowest BCUT2D eigenvalue weighted by atomic mass is 10.1. The average Bonchev–Trinajstić information content (AvgIpc) is 3.21. The Morgan fingerprint density at radius 2 is 2.00 bits per heavy atom. The van der Waals surface area contributed by atoms with E-state index in [0.29, 0.717) is 10.6 Å². The first-order valence-corrected chi connectivity index (χ1v) is 9.88. The van der Waals surface area contributed by atoms with Crippen LogP contribution in [0.3, 0.4) is 0 Å². The second-order valence-electron chi connectivity index (χ2n) is 6.68. The molecule has 1 aromatic heterocycles. The van der Waals surface area contributed by atoms with Crippen LogP contribution in [0, 0.1) is 6.92 Å². The Labute approximate surface area is 167 Å². The van der Waals surface area contributed by atoms with Gasteiger partial charge in [0.1, 0.15) is 5.00 Å². The highest BCUT2D eigenvalue weighted by atomic mass is 32.1. The molecule has 0 radical (unpaired) electrons. The monoisotopic (exact) mass is 398 g/mol. The third-order valence-corrected chi connectivity index (χ3v) is 5.86. The summed E-state index contributed by atoms with van der Waals surface area (Å²) in [5.41, 5.74) is 8.73. The van der Waals surface area contributed by atoms with E-state index in [0.717, 1.165) is 40.8 Å². The van der Waals surface area contributed by atoms with Gasteiger partial charge >= 0.3 is 5.97 Å². The van der Waals surface area contributed by atoms with E-state index < -0.39 is 23.9 Å². The average molecular weight is 398 g/mol. The number of benzene rings is 1. The van der Waals surface area contributed by atoms with Crippen molar-refractivity contribution >= 4 is 40.2 Å². The molecule has 0 bridgehead atoms. The fourth-order valence-electron chi connectivity index (χ4n) is 3.17. The molecule has 7 heteroatoms. The number of primary amides is 1. The van der Waals surface area contributed by atoms with E-state index >= 15 is 0 Å². The van der Waals surface area contributed by atoms with Crippen LogP contribution in [0.15, 0.2) is 30.3 Å². The second kappa shape index (κ2) is 8.39. The molecule has 2 amide bonds. The van der Waals surface area contributed by atoms with E-state index in [9.17, 15) is 14.4 Å². The molecule has 0 unspecified atom stereocenters. The van der Waals surface area contributed by atoms with Crippen LogP contribution in [0.4, 0.5) is 5.00 Å². The molecule has 2 aromatic rings. The van der Waals surface area contributed by atoms with E-state index in [1.54, 1.807) is 6.08 Å². The summed E-state index contributed by atoms with van der Waals surface area (Å²) in [6, 6.07) is 7.62. The first kappa shape index (κ1) is 19.8. The Bertz CT molecular complexity index is 961. The van der Waals surface area contributed by atoms with Crippen LogP contribution in [0.25, 0.3) is 6.08 Å². The summed E-state index contributed by atoms with van der Waals surface area (Å²) >= 11 is 1.36. The normalized spacial score (nSPS) is 13.9. The molecule has 3 N–H and O–H groups in total. The van der Waals surface area contributed by atoms with Gasteiger partial charge in [0.25, 0.3) is 11.8 Å². The number of carbonyl (C=O) groups excluding carboxylic acids is 3. The van der Waals surface area contributed by atoms with Crippen LogP contribution in [-0.2, 0) is 27.2 Å². The fraction of sp³-hybridized carbons (Fsp3) is 0.286. The summed E-state index contributed by atoms with van der Waals surface area (Å²) in [5, 5.41) is 3.12. The number of hydrogen-bond acceptors (Lipinski definition) is 5. The molecule has 28 heavy (non-hydrogen) atoms. The highest BCUT2D eigenvalue weighted by Gasteiger charge is 2.27. The number of ether oxygens (including phenoxy) is 1. The summed E-state index contributed by atoms with van der Waals surface area (Å²) < 4.78 is 5.17. The van der Waals surface area contributed by atoms with Crippen molar-refractivity contribution in [2.45, 2.75) is 39.2 Å². The lowest BCUT2D eigenvalue weighted by Gasteiger charge is -2.12. The standard InChI is InChI=1S/C21H22N2O4S/c1-12-6-3-4-7-14(12)10-11-17(24)27-13(2)20(26)23-21-18(19(22)25)15-8-5-9-16(15)28-21/h3-4,6-7,10-11,13H,5,8-9H2,1-2H3,(H2,22,25)(H,23,26)/b11-10+/t13-/m0/s1. The number of rotatable bonds is 6. The van der Waals surface area contributed by atoms with Gasteiger partial charge in [-0.1, -0.05) is 24.3 Å². The van der Waals surface area contributed by atoms with Crippen LogP contribution in [0.1, 0.15) is 45.3 Å². The SMILES string of the molecule is Cc1ccccc1/C=C/C(=O)O[C@@H](C)C(=O)Nc1sc2c(c1C(N)=O)CCC2. The van der Waals surface area contributed by atoms with Crippen LogP contribution in [0.5, 0.6) is 0 Å². The van der Waals surface area contributed by atoms with Gasteiger partial charge in [0, 0.05) is 11.0 Å². The number of amides is 2. The maximum Gasteiger partial charge on any atom is 0.331 e. The highest BCUT2D eigenvalue weighted by Crippen LogP contribution is 2.38. The van der Waals surface area contributed by atoms with Crippen molar-refractivity contribution in [3.63, 3.8) is 0 Å². The van der Waals surface area contributed by atoms with Crippen LogP contribution >= 0.6 is 11.3 Å². The number of esters is 1. The zero-order chi connectivity index (χ0) is 20.3. The van der Waals surface area contributed by atoms with Gasteiger partial charge in [-0.3, -0.25) is 9.59 Å². The predicted octanol–water partition coefficient (Wildman–Crippen LogP) is 3.23. The van der Waals surface area contributed by atoms with Gasteiger partial charge in [-0.05, 0) is 55.9 Å². The molecule has 0 saturated carbocycles. The predicted molar refractivity (Wildman–Crippen MR) is 109 cm³/mol. The van der Waals surface area contributed by atoms with Crippen molar-refractivity contribution in [1.29, 1.82) is 0 Å². The van der Waals surface area contributed by atoms with Crippen molar-refractivity contribution < 1.29 is 19.1 Å². The van der Waals surface area contributed by atoms with Gasteiger partial charge in [-0.2, -0.15) is 0 Å². The second-order valence-corrected chi connectivity index (χ2v) is 7.79. The maximum absolute atomic E-state index is 12.4. The summed E-state index contributed by atoms with van der Waals surface area (Å²) in [7, 11) is 0. The van der Waals surface area contributed by atoms with Crippen LogP contribution in [0.2, 0.25) is 0 Å². The largest absolute Gasteiger partial charge is 0.449 e. The van der Waals surface area contributed by atoms with Gasteiger partial charge in [-0.25, -0.2) is 4.79 Å². The topological polar surface area (TPSA) is 98.5 Å². The van der Waals surface area contributed by atoms with Crippen LogP contribution < -0.4 is 11.1 Å². The van der Waals surface area contributed by atoms with E-state index in [-0.39, 0.29) is 0 Å². The molecule has 1 aliphatic carbocycles. The van der Waals surface area contributed by atoms with E-state index in [1.165, 1.54) is 24.3 Å². The lowest BCUT2D eigenvalue weighted by molar-refractivity contribution is -0.148. The third-order valence-electron chi connectivity index (χ3n) is 4.65. The van der Waals surface area contributed by atoms with Crippen molar-refractivity contribution in [3.8, 4) is 0 Å². The number of hydrogen-bond donors (Lipinski definition) is 2. The number of carbonyl (C=O) groups is 3. The molecule has 0 spiro atoms. The van der Waals surface area contributed by atoms with E-state index in [2.05, 4.69) is 5.32 Å². The minimum atomic E-state index is -1.01. The Hall–Kier alpha value is -2.93. The van der Waals surface area contributed by atoms with Crippen molar-refractivity contribution in [1.82, 2.24) is 0 Å². The van der Waals surface area contributed by atoms with Crippen molar-refractivity contribution in [2.75, 3.05) is 5.32 Å². The molecule has 146 valence electrons. The first-order chi connectivity index (χ1) is 13.4. The molecule has 0 fully saturated rings. The highest BCUT2D eigenvalue weighted by molar-refractivity contribution is 7.17. The Morgan fingerprint density at radius 1 is 1.25 bits per heavy atom. The van der Waals surface area contributed by atoms with Gasteiger partial charge in [-0.15, -0.1) is 11.3 Å². The van der Waals surface area contributed by atoms with Gasteiger partial charge in [0.15, 0.2) is 6.10 Å². The smallest absolute Gasteiger partial charge is 0.331 e. The molecule has 1 heterocycles. The Kier molecular flexibility index (Phi) is 5.94. The van der Waals surface area contributed by atoms with Gasteiger partial charge in [0.05, 0.1) is 5.56 Å². The fourth-order valence-corrected chi connectivity index (χ4v) is 4.46. The molecular formula is C21H22N2O4S. The summed E-state index contributed by atoms with van der Waals surface area (Å²) in [5.74, 6) is -1.67. The van der Waals surface area contributed by atoms with Crippen molar-refractivity contribution in [2.24, 2.45) is 5.73 Å². The molecule has 6 nitrogen and oxygen atoms in total. The molecule has 1 aromatic carbocycles.